The largest absolute Gasteiger partial charge is 0.491 e. The molecule has 1 N–H and O–H groups in total. The smallest absolute Gasteiger partial charge is 0.179 e. The maximum absolute atomic E-state index is 6.20. The predicted molar refractivity (Wildman–Crippen MR) is 85.9 cm³/mol. The minimum Gasteiger partial charge on any atom is -0.491 e. The third-order valence-electron chi connectivity index (χ3n) is 2.66. The minimum absolute atomic E-state index is 0.563. The highest BCUT2D eigenvalue weighted by molar-refractivity contribution is 6.32. The quantitative estimate of drug-likeness (QED) is 0.736. The van der Waals surface area contributed by atoms with Crippen molar-refractivity contribution >= 4 is 17.7 Å². The Morgan fingerprint density at radius 1 is 1.35 bits per heavy atom. The van der Waals surface area contributed by atoms with Gasteiger partial charge >= 0.3 is 0 Å². The second-order valence-electron chi connectivity index (χ2n) is 4.92. The average molecular weight is 298 g/mol. The Kier molecular flexibility index (Phi) is 7.48. The first-order chi connectivity index (χ1) is 9.58. The first kappa shape index (κ1) is 16.9. The molecule has 3 nitrogen and oxygen atoms in total. The van der Waals surface area contributed by atoms with Crippen molar-refractivity contribution in [3.8, 4) is 11.5 Å². The number of ether oxygens (including phenoxy) is 2. The Bertz CT molecular complexity index is 444. The Labute approximate surface area is 126 Å². The van der Waals surface area contributed by atoms with Crippen LogP contribution in [0.1, 0.15) is 26.3 Å². The van der Waals surface area contributed by atoms with E-state index < -0.39 is 0 Å². The van der Waals surface area contributed by atoms with Crippen LogP contribution >= 0.6 is 11.6 Å². The van der Waals surface area contributed by atoms with E-state index in [-0.39, 0.29) is 0 Å². The van der Waals surface area contributed by atoms with Crippen molar-refractivity contribution in [1.29, 1.82) is 0 Å². The molecular weight excluding hydrogens is 274 g/mol. The van der Waals surface area contributed by atoms with Crippen LogP contribution in [0, 0.1) is 5.92 Å². The molecule has 1 aromatic rings. The topological polar surface area (TPSA) is 30.5 Å². The number of hydrogen-bond donors (Lipinski definition) is 1. The average Bonchev–Trinajstić information content (AvgIpc) is 2.38. The molecule has 0 saturated carbocycles. The van der Waals surface area contributed by atoms with E-state index in [1.165, 1.54) is 0 Å². The van der Waals surface area contributed by atoms with Crippen LogP contribution in [-0.2, 0) is 0 Å². The van der Waals surface area contributed by atoms with E-state index in [4.69, 9.17) is 21.1 Å². The SMILES string of the molecule is CCOc1cc(C=CCNCC(C)C)cc(Cl)c1OC. The molecule has 0 amide bonds. The van der Waals surface area contributed by atoms with Crippen LogP contribution in [-0.4, -0.2) is 26.8 Å². The fourth-order valence-electron chi connectivity index (χ4n) is 1.80. The van der Waals surface area contributed by atoms with Gasteiger partial charge in [0.05, 0.1) is 18.7 Å². The van der Waals surface area contributed by atoms with E-state index in [1.807, 2.05) is 25.1 Å². The fraction of sp³-hybridized carbons (Fsp3) is 0.500. The normalized spacial score (nSPS) is 11.3. The summed E-state index contributed by atoms with van der Waals surface area (Å²) < 4.78 is 10.8. The molecule has 0 aromatic heterocycles. The fourth-order valence-corrected chi connectivity index (χ4v) is 2.09. The summed E-state index contributed by atoms with van der Waals surface area (Å²) in [5.74, 6) is 1.92. The Morgan fingerprint density at radius 2 is 2.10 bits per heavy atom. The summed E-state index contributed by atoms with van der Waals surface area (Å²) in [5, 5.41) is 3.92. The molecule has 1 aromatic carbocycles. The van der Waals surface area contributed by atoms with E-state index in [0.717, 1.165) is 18.7 Å². The lowest BCUT2D eigenvalue weighted by Gasteiger charge is -2.11. The van der Waals surface area contributed by atoms with Gasteiger partial charge in [-0.1, -0.05) is 37.6 Å². The standard InChI is InChI=1S/C16H24ClNO2/c1-5-20-15-10-13(9-14(17)16(15)19-4)7-6-8-18-11-12(2)3/h6-7,9-10,12,18H,5,8,11H2,1-4H3. The summed E-state index contributed by atoms with van der Waals surface area (Å²) in [6.07, 6.45) is 4.11. The molecule has 112 valence electrons. The number of nitrogens with one attached hydrogen (secondary N) is 1. The number of methoxy groups -OCH3 is 1. The van der Waals surface area contributed by atoms with Gasteiger partial charge in [0.1, 0.15) is 0 Å². The third kappa shape index (κ3) is 5.43. The van der Waals surface area contributed by atoms with Gasteiger partial charge in [-0.2, -0.15) is 0 Å². The molecule has 0 aliphatic heterocycles. The van der Waals surface area contributed by atoms with Crippen LogP contribution < -0.4 is 14.8 Å². The van der Waals surface area contributed by atoms with Crippen LogP contribution in [0.3, 0.4) is 0 Å². The second kappa shape index (κ2) is 8.88. The molecular formula is C16H24ClNO2. The van der Waals surface area contributed by atoms with Crippen LogP contribution in [0.25, 0.3) is 6.08 Å². The molecule has 0 fully saturated rings. The van der Waals surface area contributed by atoms with Gasteiger partial charge in [-0.05, 0) is 37.1 Å². The molecule has 0 atom stereocenters. The lowest BCUT2D eigenvalue weighted by molar-refractivity contribution is 0.311. The van der Waals surface area contributed by atoms with Crippen molar-refractivity contribution < 1.29 is 9.47 Å². The Morgan fingerprint density at radius 3 is 2.70 bits per heavy atom. The van der Waals surface area contributed by atoms with Gasteiger partial charge in [0, 0.05) is 6.54 Å². The highest BCUT2D eigenvalue weighted by Crippen LogP contribution is 2.36. The lowest BCUT2D eigenvalue weighted by Crippen LogP contribution is -2.19. The van der Waals surface area contributed by atoms with Crippen molar-refractivity contribution in [2.75, 3.05) is 26.8 Å². The summed E-state index contributed by atoms with van der Waals surface area (Å²) in [4.78, 5) is 0. The summed E-state index contributed by atoms with van der Waals surface area (Å²) in [6, 6.07) is 3.81. The molecule has 4 heteroatoms. The predicted octanol–water partition coefficient (Wildman–Crippen LogP) is 4.01. The zero-order chi connectivity index (χ0) is 15.0. The summed E-state index contributed by atoms with van der Waals surface area (Å²) in [7, 11) is 1.59. The van der Waals surface area contributed by atoms with Gasteiger partial charge in [-0.15, -0.1) is 0 Å². The van der Waals surface area contributed by atoms with Gasteiger partial charge in [-0.3, -0.25) is 0 Å². The number of rotatable bonds is 8. The van der Waals surface area contributed by atoms with Gasteiger partial charge in [-0.25, -0.2) is 0 Å². The molecule has 0 bridgehead atoms. The highest BCUT2D eigenvalue weighted by atomic mass is 35.5. The van der Waals surface area contributed by atoms with Crippen LogP contribution in [0.15, 0.2) is 18.2 Å². The van der Waals surface area contributed by atoms with E-state index >= 15 is 0 Å². The van der Waals surface area contributed by atoms with Gasteiger partial charge in [0.25, 0.3) is 0 Å². The van der Waals surface area contributed by atoms with E-state index in [2.05, 4.69) is 25.2 Å². The Balaban J connectivity index is 2.73. The Hall–Kier alpha value is -1.19. The van der Waals surface area contributed by atoms with Gasteiger partial charge in [0.15, 0.2) is 11.5 Å². The molecule has 0 saturated heterocycles. The van der Waals surface area contributed by atoms with Crippen LogP contribution in [0.5, 0.6) is 11.5 Å². The third-order valence-corrected chi connectivity index (χ3v) is 2.94. The van der Waals surface area contributed by atoms with Crippen molar-refractivity contribution in [3.05, 3.63) is 28.8 Å². The summed E-state index contributed by atoms with van der Waals surface area (Å²) in [6.45, 7) is 8.74. The van der Waals surface area contributed by atoms with Gasteiger partial charge < -0.3 is 14.8 Å². The summed E-state index contributed by atoms with van der Waals surface area (Å²) in [5.41, 5.74) is 1.01. The summed E-state index contributed by atoms with van der Waals surface area (Å²) >= 11 is 6.20. The number of hydrogen-bond acceptors (Lipinski definition) is 3. The molecule has 0 radical (unpaired) electrons. The monoisotopic (exact) mass is 297 g/mol. The first-order valence-electron chi connectivity index (χ1n) is 6.96. The van der Waals surface area contributed by atoms with E-state index in [0.29, 0.717) is 29.0 Å². The molecule has 0 aliphatic rings. The van der Waals surface area contributed by atoms with Gasteiger partial charge in [0.2, 0.25) is 0 Å². The van der Waals surface area contributed by atoms with Crippen LogP contribution in [0.4, 0.5) is 0 Å². The maximum Gasteiger partial charge on any atom is 0.179 e. The molecule has 1 rings (SSSR count). The number of halogens is 1. The highest BCUT2D eigenvalue weighted by Gasteiger charge is 2.10. The zero-order valence-corrected chi connectivity index (χ0v) is 13.5. The van der Waals surface area contributed by atoms with E-state index in [1.54, 1.807) is 7.11 Å². The minimum atomic E-state index is 0.563. The molecule has 0 unspecified atom stereocenters. The van der Waals surface area contributed by atoms with Crippen LogP contribution in [0.2, 0.25) is 5.02 Å². The van der Waals surface area contributed by atoms with E-state index in [9.17, 15) is 0 Å². The van der Waals surface area contributed by atoms with Crippen molar-refractivity contribution in [1.82, 2.24) is 5.32 Å². The lowest BCUT2D eigenvalue weighted by atomic mass is 10.2. The van der Waals surface area contributed by atoms with Crippen molar-refractivity contribution in [2.24, 2.45) is 5.92 Å². The number of benzene rings is 1. The second-order valence-corrected chi connectivity index (χ2v) is 5.33. The zero-order valence-electron chi connectivity index (χ0n) is 12.7. The van der Waals surface area contributed by atoms with Crippen molar-refractivity contribution in [2.45, 2.75) is 20.8 Å². The maximum atomic E-state index is 6.20. The molecule has 0 heterocycles. The molecule has 0 aliphatic carbocycles. The molecule has 0 spiro atoms. The molecule has 20 heavy (non-hydrogen) atoms. The van der Waals surface area contributed by atoms with Crippen molar-refractivity contribution in [3.63, 3.8) is 0 Å². The first-order valence-corrected chi connectivity index (χ1v) is 7.33.